The molecule has 1 atom stereocenters. The Kier molecular flexibility index (Phi) is 5.09. The second kappa shape index (κ2) is 6.81. The Bertz CT molecular complexity index is 476. The van der Waals surface area contributed by atoms with Gasteiger partial charge in [0.1, 0.15) is 5.82 Å². The third-order valence-corrected chi connectivity index (χ3v) is 3.88. The quantitative estimate of drug-likeness (QED) is 0.869. The van der Waals surface area contributed by atoms with Crippen molar-refractivity contribution >= 4 is 5.97 Å². The molecular formula is C15H20FNO3. The van der Waals surface area contributed by atoms with Gasteiger partial charge in [-0.25, -0.2) is 9.18 Å². The fraction of sp³-hybridized carbons (Fsp3) is 0.533. The molecule has 1 aromatic carbocycles. The standard InChI is InChI=1S/C15H20FNO3/c16-14-5-4-11(15(19)20)9-12(14)10-17-7-2-1-3-13(17)6-8-18/h4-5,9,13,18H,1-3,6-8,10H2,(H,19,20). The van der Waals surface area contributed by atoms with Crippen molar-refractivity contribution in [2.75, 3.05) is 13.2 Å². The Balaban J connectivity index is 2.14. The Labute approximate surface area is 117 Å². The van der Waals surface area contributed by atoms with E-state index in [9.17, 15) is 9.18 Å². The Morgan fingerprint density at radius 2 is 2.20 bits per heavy atom. The molecule has 1 fully saturated rings. The lowest BCUT2D eigenvalue weighted by Crippen LogP contribution is -2.39. The Morgan fingerprint density at radius 3 is 2.90 bits per heavy atom. The molecule has 1 aromatic rings. The van der Waals surface area contributed by atoms with Gasteiger partial charge >= 0.3 is 5.97 Å². The van der Waals surface area contributed by atoms with E-state index in [0.717, 1.165) is 25.8 Å². The van der Waals surface area contributed by atoms with Gasteiger partial charge in [-0.15, -0.1) is 0 Å². The van der Waals surface area contributed by atoms with Crippen LogP contribution in [0.4, 0.5) is 4.39 Å². The van der Waals surface area contributed by atoms with Crippen molar-refractivity contribution in [2.24, 2.45) is 0 Å². The number of aliphatic hydroxyl groups is 1. The highest BCUT2D eigenvalue weighted by Crippen LogP contribution is 2.23. The van der Waals surface area contributed by atoms with Crippen LogP contribution in [0.15, 0.2) is 18.2 Å². The lowest BCUT2D eigenvalue weighted by Gasteiger charge is -2.35. The van der Waals surface area contributed by atoms with Crippen LogP contribution >= 0.6 is 0 Å². The molecule has 0 spiro atoms. The van der Waals surface area contributed by atoms with Gasteiger partial charge in [0.2, 0.25) is 0 Å². The molecule has 2 N–H and O–H groups in total. The summed E-state index contributed by atoms with van der Waals surface area (Å²) in [5.74, 6) is -1.42. The first kappa shape index (κ1) is 14.9. The summed E-state index contributed by atoms with van der Waals surface area (Å²) in [4.78, 5) is 13.1. The van der Waals surface area contributed by atoms with E-state index in [1.165, 1.54) is 18.2 Å². The molecule has 0 aromatic heterocycles. The first-order chi connectivity index (χ1) is 9.61. The van der Waals surface area contributed by atoms with Gasteiger partial charge in [0.05, 0.1) is 5.56 Å². The predicted molar refractivity (Wildman–Crippen MR) is 73.1 cm³/mol. The van der Waals surface area contributed by atoms with Crippen molar-refractivity contribution < 1.29 is 19.4 Å². The molecule has 20 heavy (non-hydrogen) atoms. The molecule has 1 aliphatic heterocycles. The fourth-order valence-corrected chi connectivity index (χ4v) is 2.79. The van der Waals surface area contributed by atoms with E-state index in [1.54, 1.807) is 0 Å². The highest BCUT2D eigenvalue weighted by molar-refractivity contribution is 5.87. The molecule has 4 nitrogen and oxygen atoms in total. The van der Waals surface area contributed by atoms with Gasteiger partial charge in [-0.2, -0.15) is 0 Å². The van der Waals surface area contributed by atoms with Crippen LogP contribution in [0.3, 0.4) is 0 Å². The summed E-state index contributed by atoms with van der Waals surface area (Å²) in [6.45, 7) is 1.39. The minimum Gasteiger partial charge on any atom is -0.478 e. The molecule has 0 saturated carbocycles. The van der Waals surface area contributed by atoms with Gasteiger partial charge in [0.25, 0.3) is 0 Å². The van der Waals surface area contributed by atoms with Crippen molar-refractivity contribution in [1.29, 1.82) is 0 Å². The zero-order valence-corrected chi connectivity index (χ0v) is 11.4. The second-order valence-corrected chi connectivity index (χ2v) is 5.24. The number of hydrogen-bond donors (Lipinski definition) is 2. The number of carbonyl (C=O) groups is 1. The molecule has 0 amide bonds. The summed E-state index contributed by atoms with van der Waals surface area (Å²) in [6, 6.07) is 4.15. The largest absolute Gasteiger partial charge is 0.478 e. The highest BCUT2D eigenvalue weighted by Gasteiger charge is 2.23. The summed E-state index contributed by atoms with van der Waals surface area (Å²) in [5.41, 5.74) is 0.520. The first-order valence-corrected chi connectivity index (χ1v) is 6.98. The van der Waals surface area contributed by atoms with Crippen molar-refractivity contribution in [3.63, 3.8) is 0 Å². The van der Waals surface area contributed by atoms with Gasteiger partial charge in [0, 0.05) is 24.8 Å². The monoisotopic (exact) mass is 281 g/mol. The fourth-order valence-electron chi connectivity index (χ4n) is 2.79. The molecule has 1 aliphatic rings. The number of carboxylic acid groups (broad SMARTS) is 1. The molecule has 110 valence electrons. The van der Waals surface area contributed by atoms with Crippen LogP contribution in [0.25, 0.3) is 0 Å². The number of piperidine rings is 1. The highest BCUT2D eigenvalue weighted by atomic mass is 19.1. The number of benzene rings is 1. The normalized spacial score (nSPS) is 20.0. The lowest BCUT2D eigenvalue weighted by atomic mass is 9.98. The molecule has 1 saturated heterocycles. The lowest BCUT2D eigenvalue weighted by molar-refractivity contribution is 0.0696. The maximum Gasteiger partial charge on any atom is 0.335 e. The smallest absolute Gasteiger partial charge is 0.335 e. The Morgan fingerprint density at radius 1 is 1.40 bits per heavy atom. The van der Waals surface area contributed by atoms with E-state index in [1.807, 2.05) is 0 Å². The topological polar surface area (TPSA) is 60.8 Å². The van der Waals surface area contributed by atoms with Crippen molar-refractivity contribution in [3.8, 4) is 0 Å². The summed E-state index contributed by atoms with van der Waals surface area (Å²) in [7, 11) is 0. The minimum absolute atomic E-state index is 0.108. The zero-order valence-electron chi connectivity index (χ0n) is 11.4. The van der Waals surface area contributed by atoms with Crippen molar-refractivity contribution in [1.82, 2.24) is 4.90 Å². The third kappa shape index (κ3) is 3.55. The van der Waals surface area contributed by atoms with Crippen LogP contribution in [0, 0.1) is 5.82 Å². The average Bonchev–Trinajstić information content (AvgIpc) is 2.43. The van der Waals surface area contributed by atoms with Crippen LogP contribution < -0.4 is 0 Å². The molecule has 0 radical (unpaired) electrons. The van der Waals surface area contributed by atoms with Crippen LogP contribution in [-0.4, -0.2) is 40.3 Å². The van der Waals surface area contributed by atoms with E-state index < -0.39 is 5.97 Å². The van der Waals surface area contributed by atoms with E-state index in [0.29, 0.717) is 18.5 Å². The Hall–Kier alpha value is -1.46. The molecule has 0 bridgehead atoms. The van der Waals surface area contributed by atoms with Gasteiger partial charge in [-0.3, -0.25) is 4.90 Å². The number of halogens is 1. The molecule has 0 aliphatic carbocycles. The van der Waals surface area contributed by atoms with E-state index in [2.05, 4.69) is 4.90 Å². The summed E-state index contributed by atoms with van der Waals surface area (Å²) >= 11 is 0. The first-order valence-electron chi connectivity index (χ1n) is 6.98. The third-order valence-electron chi connectivity index (χ3n) is 3.88. The number of hydrogen-bond acceptors (Lipinski definition) is 3. The van der Waals surface area contributed by atoms with Gasteiger partial charge in [0.15, 0.2) is 0 Å². The van der Waals surface area contributed by atoms with Gasteiger partial charge < -0.3 is 10.2 Å². The number of aromatic carboxylic acids is 1. The molecule has 5 heteroatoms. The zero-order chi connectivity index (χ0) is 14.5. The number of carboxylic acids is 1. The summed E-state index contributed by atoms with van der Waals surface area (Å²) < 4.78 is 13.8. The maximum atomic E-state index is 13.8. The number of likely N-dealkylation sites (tertiary alicyclic amines) is 1. The number of aliphatic hydroxyl groups excluding tert-OH is 1. The number of rotatable bonds is 5. The second-order valence-electron chi connectivity index (χ2n) is 5.24. The van der Waals surface area contributed by atoms with Gasteiger partial charge in [-0.05, 0) is 44.0 Å². The van der Waals surface area contributed by atoms with Crippen molar-refractivity contribution in [3.05, 3.63) is 35.1 Å². The summed E-state index contributed by atoms with van der Waals surface area (Å²) in [5, 5.41) is 18.1. The SMILES string of the molecule is O=C(O)c1ccc(F)c(CN2CCCCC2CCO)c1. The predicted octanol–water partition coefficient (Wildman–Crippen LogP) is 2.26. The van der Waals surface area contributed by atoms with Crippen LogP contribution in [0.2, 0.25) is 0 Å². The molecule has 1 heterocycles. The number of nitrogens with zero attached hydrogens (tertiary/aromatic N) is 1. The summed E-state index contributed by atoms with van der Waals surface area (Å²) in [6.07, 6.45) is 3.86. The minimum atomic E-state index is -1.04. The van der Waals surface area contributed by atoms with Crippen LogP contribution in [0.5, 0.6) is 0 Å². The average molecular weight is 281 g/mol. The van der Waals surface area contributed by atoms with E-state index in [-0.39, 0.29) is 24.0 Å². The molecule has 1 unspecified atom stereocenters. The van der Waals surface area contributed by atoms with E-state index in [4.69, 9.17) is 10.2 Å². The maximum absolute atomic E-state index is 13.8. The van der Waals surface area contributed by atoms with E-state index >= 15 is 0 Å². The van der Waals surface area contributed by atoms with Crippen molar-refractivity contribution in [2.45, 2.75) is 38.3 Å². The van der Waals surface area contributed by atoms with Crippen LogP contribution in [0.1, 0.15) is 41.6 Å². The van der Waals surface area contributed by atoms with Gasteiger partial charge in [-0.1, -0.05) is 6.42 Å². The molecular weight excluding hydrogens is 261 g/mol. The molecule has 2 rings (SSSR count). The van der Waals surface area contributed by atoms with Crippen LogP contribution in [-0.2, 0) is 6.54 Å².